The van der Waals surface area contributed by atoms with Gasteiger partial charge >= 0.3 is 5.69 Å². The van der Waals surface area contributed by atoms with Crippen molar-refractivity contribution in [1.29, 1.82) is 0 Å². The molecule has 0 saturated heterocycles. The van der Waals surface area contributed by atoms with Crippen LogP contribution >= 0.6 is 0 Å². The summed E-state index contributed by atoms with van der Waals surface area (Å²) in [5, 5.41) is 17.6. The fourth-order valence-corrected chi connectivity index (χ4v) is 2.67. The highest BCUT2D eigenvalue weighted by atomic mass is 16.6. The molecule has 0 radical (unpaired) electrons. The first-order valence-corrected chi connectivity index (χ1v) is 9.12. The van der Waals surface area contributed by atoms with Gasteiger partial charge in [-0.2, -0.15) is 0 Å². The summed E-state index contributed by atoms with van der Waals surface area (Å²) in [6.45, 7) is 4.07. The van der Waals surface area contributed by atoms with Crippen LogP contribution < -0.4 is 10.6 Å². The summed E-state index contributed by atoms with van der Waals surface area (Å²) >= 11 is 0. The number of aryl methyl sites for hydroxylation is 2. The number of aromatic nitrogens is 3. The number of nitrogens with one attached hydrogen (secondary N) is 2. The van der Waals surface area contributed by atoms with Gasteiger partial charge in [-0.1, -0.05) is 31.5 Å². The van der Waals surface area contributed by atoms with Crippen molar-refractivity contribution in [1.82, 2.24) is 15.0 Å². The molecule has 1 aromatic carbocycles. The topological polar surface area (TPSA) is 106 Å². The summed E-state index contributed by atoms with van der Waals surface area (Å²) in [7, 11) is 0. The highest BCUT2D eigenvalue weighted by molar-refractivity contribution is 5.76. The van der Waals surface area contributed by atoms with Gasteiger partial charge in [-0.05, 0) is 49.1 Å². The van der Waals surface area contributed by atoms with E-state index in [9.17, 15) is 10.1 Å². The fourth-order valence-electron chi connectivity index (χ4n) is 2.67. The van der Waals surface area contributed by atoms with Crippen LogP contribution in [0.25, 0.3) is 0 Å². The highest BCUT2D eigenvalue weighted by Gasteiger charge is 2.23. The number of unbranched alkanes of at least 4 members (excludes halogenated alkanes) is 1. The molecule has 0 aliphatic heterocycles. The molecular formula is C20H22N6O2. The van der Waals surface area contributed by atoms with Crippen LogP contribution in [0.1, 0.15) is 30.9 Å². The first-order valence-electron chi connectivity index (χ1n) is 9.12. The molecule has 0 aliphatic rings. The SMILES string of the molecule is CCCCc1ccc(Nc2ncnc(Nc3ccc(C)cn3)c2[N+](=O)[O-])cc1. The predicted molar refractivity (Wildman–Crippen MR) is 109 cm³/mol. The summed E-state index contributed by atoms with van der Waals surface area (Å²) in [6, 6.07) is 11.4. The molecule has 0 spiro atoms. The molecule has 0 bridgehead atoms. The monoisotopic (exact) mass is 378 g/mol. The van der Waals surface area contributed by atoms with Gasteiger partial charge in [0.1, 0.15) is 12.1 Å². The number of rotatable bonds is 8. The Bertz CT molecular complexity index is 942. The molecule has 0 fully saturated rings. The third kappa shape index (κ3) is 4.79. The van der Waals surface area contributed by atoms with Crippen molar-refractivity contribution in [2.24, 2.45) is 0 Å². The molecule has 8 nitrogen and oxygen atoms in total. The molecule has 0 saturated carbocycles. The third-order valence-electron chi connectivity index (χ3n) is 4.20. The number of benzene rings is 1. The summed E-state index contributed by atoms with van der Waals surface area (Å²) in [4.78, 5) is 23.5. The fraction of sp³-hybridized carbons (Fsp3) is 0.250. The minimum atomic E-state index is -0.505. The second-order valence-corrected chi connectivity index (χ2v) is 6.45. The maximum absolute atomic E-state index is 11.7. The van der Waals surface area contributed by atoms with Gasteiger partial charge in [-0.15, -0.1) is 0 Å². The van der Waals surface area contributed by atoms with Gasteiger partial charge in [0.2, 0.25) is 11.6 Å². The van der Waals surface area contributed by atoms with Crippen LogP contribution in [0.5, 0.6) is 0 Å². The summed E-state index contributed by atoms with van der Waals surface area (Å²) < 4.78 is 0. The summed E-state index contributed by atoms with van der Waals surface area (Å²) in [5.74, 6) is 0.674. The first-order chi connectivity index (χ1) is 13.6. The lowest BCUT2D eigenvalue weighted by atomic mass is 10.1. The van der Waals surface area contributed by atoms with E-state index in [2.05, 4.69) is 32.5 Å². The van der Waals surface area contributed by atoms with E-state index < -0.39 is 4.92 Å². The normalized spacial score (nSPS) is 10.5. The van der Waals surface area contributed by atoms with Crippen LogP contribution in [0.15, 0.2) is 48.9 Å². The Balaban J connectivity index is 1.84. The van der Waals surface area contributed by atoms with Crippen molar-refractivity contribution in [2.75, 3.05) is 10.6 Å². The Labute approximate surface area is 163 Å². The average Bonchev–Trinajstić information content (AvgIpc) is 2.69. The van der Waals surface area contributed by atoms with E-state index in [0.717, 1.165) is 30.5 Å². The maximum Gasteiger partial charge on any atom is 0.353 e. The molecule has 2 N–H and O–H groups in total. The van der Waals surface area contributed by atoms with E-state index in [1.54, 1.807) is 12.3 Å². The average molecular weight is 378 g/mol. The molecule has 8 heteroatoms. The summed E-state index contributed by atoms with van der Waals surface area (Å²) in [5.41, 5.74) is 2.71. The second kappa shape index (κ2) is 8.90. The van der Waals surface area contributed by atoms with Gasteiger partial charge in [-0.25, -0.2) is 15.0 Å². The van der Waals surface area contributed by atoms with Crippen molar-refractivity contribution in [3.63, 3.8) is 0 Å². The van der Waals surface area contributed by atoms with Gasteiger partial charge in [-0.3, -0.25) is 10.1 Å². The Hall–Kier alpha value is -3.55. The zero-order valence-electron chi connectivity index (χ0n) is 15.8. The Morgan fingerprint density at radius 1 is 1.00 bits per heavy atom. The van der Waals surface area contributed by atoms with Gasteiger partial charge in [0.15, 0.2) is 0 Å². The van der Waals surface area contributed by atoms with Gasteiger partial charge < -0.3 is 10.6 Å². The van der Waals surface area contributed by atoms with Crippen molar-refractivity contribution in [2.45, 2.75) is 33.1 Å². The Morgan fingerprint density at radius 2 is 1.71 bits per heavy atom. The van der Waals surface area contributed by atoms with E-state index in [1.165, 1.54) is 11.9 Å². The zero-order valence-corrected chi connectivity index (χ0v) is 15.8. The predicted octanol–water partition coefficient (Wildman–Crippen LogP) is 4.92. The lowest BCUT2D eigenvalue weighted by Gasteiger charge is -2.10. The van der Waals surface area contributed by atoms with Gasteiger partial charge in [0.05, 0.1) is 4.92 Å². The third-order valence-corrected chi connectivity index (χ3v) is 4.20. The molecule has 0 amide bonds. The van der Waals surface area contributed by atoms with Gasteiger partial charge in [0, 0.05) is 11.9 Å². The second-order valence-electron chi connectivity index (χ2n) is 6.45. The number of nitro groups is 1. The van der Waals surface area contributed by atoms with Crippen LogP contribution in [0.2, 0.25) is 0 Å². The van der Waals surface area contributed by atoms with Crippen LogP contribution in [-0.4, -0.2) is 19.9 Å². The number of hydrogen-bond donors (Lipinski definition) is 2. The summed E-state index contributed by atoms with van der Waals surface area (Å²) in [6.07, 6.45) is 6.24. The molecule has 0 atom stereocenters. The Kier molecular flexibility index (Phi) is 6.11. The van der Waals surface area contributed by atoms with Crippen LogP contribution in [0.3, 0.4) is 0 Å². The Morgan fingerprint density at radius 3 is 2.32 bits per heavy atom. The van der Waals surface area contributed by atoms with E-state index >= 15 is 0 Å². The first kappa shape index (κ1) is 19.2. The zero-order chi connectivity index (χ0) is 19.9. The molecule has 28 heavy (non-hydrogen) atoms. The number of anilines is 4. The maximum atomic E-state index is 11.7. The number of nitrogens with zero attached hydrogens (tertiary/aromatic N) is 4. The van der Waals surface area contributed by atoms with Crippen LogP contribution in [0, 0.1) is 17.0 Å². The van der Waals surface area contributed by atoms with Crippen LogP contribution in [0.4, 0.5) is 28.8 Å². The molecule has 0 unspecified atom stereocenters. The molecule has 3 aromatic rings. The smallest absolute Gasteiger partial charge is 0.334 e. The quantitative estimate of drug-likeness (QED) is 0.423. The number of pyridine rings is 1. The lowest BCUT2D eigenvalue weighted by molar-refractivity contribution is -0.383. The largest absolute Gasteiger partial charge is 0.353 e. The molecule has 3 rings (SSSR count). The lowest BCUT2D eigenvalue weighted by Crippen LogP contribution is -2.06. The molecule has 2 heterocycles. The van der Waals surface area contributed by atoms with Crippen molar-refractivity contribution in [3.05, 3.63) is 70.2 Å². The van der Waals surface area contributed by atoms with Crippen molar-refractivity contribution in [3.8, 4) is 0 Å². The minimum absolute atomic E-state index is 0.0819. The standard InChI is InChI=1S/C20H22N6O2/c1-3-4-5-15-7-9-16(10-8-15)24-19-18(26(27)28)20(23-13-22-19)25-17-11-6-14(2)12-21-17/h6-13H,3-5H2,1-2H3,(H2,21,22,23,24,25). The van der Waals surface area contributed by atoms with E-state index in [-0.39, 0.29) is 17.3 Å². The molecule has 144 valence electrons. The minimum Gasteiger partial charge on any atom is -0.334 e. The number of hydrogen-bond acceptors (Lipinski definition) is 7. The van der Waals surface area contributed by atoms with Gasteiger partial charge in [0.25, 0.3) is 0 Å². The molecular weight excluding hydrogens is 356 g/mol. The highest BCUT2D eigenvalue weighted by Crippen LogP contribution is 2.32. The van der Waals surface area contributed by atoms with E-state index in [1.807, 2.05) is 37.3 Å². The van der Waals surface area contributed by atoms with E-state index in [4.69, 9.17) is 0 Å². The molecule has 0 aliphatic carbocycles. The van der Waals surface area contributed by atoms with Crippen molar-refractivity contribution < 1.29 is 4.92 Å². The van der Waals surface area contributed by atoms with E-state index in [0.29, 0.717) is 5.82 Å². The van der Waals surface area contributed by atoms with Crippen molar-refractivity contribution >= 4 is 28.8 Å². The van der Waals surface area contributed by atoms with Crippen LogP contribution in [-0.2, 0) is 6.42 Å². The molecule has 2 aromatic heterocycles.